The van der Waals surface area contributed by atoms with Crippen molar-refractivity contribution in [2.75, 3.05) is 38.7 Å². The third kappa shape index (κ3) is 4.44. The number of carbonyl (C=O) groups excluding carboxylic acids is 1. The Kier molecular flexibility index (Phi) is 5.79. The van der Waals surface area contributed by atoms with Crippen molar-refractivity contribution in [3.05, 3.63) is 35.5 Å². The molecule has 2 aliphatic rings. The Labute approximate surface area is 195 Å². The summed E-state index contributed by atoms with van der Waals surface area (Å²) >= 11 is 0. The van der Waals surface area contributed by atoms with Gasteiger partial charge in [0, 0.05) is 47.5 Å². The Hall–Kier alpha value is -2.64. The van der Waals surface area contributed by atoms with Crippen LogP contribution in [0, 0.1) is 5.41 Å². The zero-order valence-corrected chi connectivity index (χ0v) is 20.2. The van der Waals surface area contributed by atoms with Gasteiger partial charge in [-0.05, 0) is 69.8 Å². The van der Waals surface area contributed by atoms with Gasteiger partial charge >= 0.3 is 0 Å². The van der Waals surface area contributed by atoms with Gasteiger partial charge in [0.15, 0.2) is 0 Å². The highest BCUT2D eigenvalue weighted by molar-refractivity contribution is 5.99. The zero-order valence-electron chi connectivity index (χ0n) is 20.2. The Morgan fingerprint density at radius 2 is 2.09 bits per heavy atom. The molecule has 0 bridgehead atoms. The van der Waals surface area contributed by atoms with E-state index >= 15 is 0 Å². The van der Waals surface area contributed by atoms with Gasteiger partial charge in [-0.25, -0.2) is 0 Å². The normalized spacial score (nSPS) is 19.8. The largest absolute Gasteiger partial charge is 0.368 e. The molecule has 0 radical (unpaired) electrons. The predicted octanol–water partition coefficient (Wildman–Crippen LogP) is 4.15. The highest BCUT2D eigenvalue weighted by Crippen LogP contribution is 2.38. The lowest BCUT2D eigenvalue weighted by Crippen LogP contribution is -2.42. The van der Waals surface area contributed by atoms with Crippen molar-refractivity contribution in [2.45, 2.75) is 52.1 Å². The number of aromatic nitrogens is 3. The molecule has 2 N–H and O–H groups in total. The van der Waals surface area contributed by atoms with Crippen LogP contribution in [0.5, 0.6) is 0 Å². The van der Waals surface area contributed by atoms with Crippen LogP contribution < -0.4 is 4.90 Å². The van der Waals surface area contributed by atoms with Crippen molar-refractivity contribution >= 4 is 22.5 Å². The fourth-order valence-corrected chi connectivity index (χ4v) is 5.09. The first-order valence-electron chi connectivity index (χ1n) is 12.1. The van der Waals surface area contributed by atoms with Crippen LogP contribution in [0.15, 0.2) is 24.3 Å². The third-order valence-corrected chi connectivity index (χ3v) is 7.07. The van der Waals surface area contributed by atoms with Crippen molar-refractivity contribution in [3.63, 3.8) is 0 Å². The minimum atomic E-state index is -0.332. The minimum Gasteiger partial charge on any atom is -0.368 e. The first-order valence-corrected chi connectivity index (χ1v) is 12.1. The Morgan fingerprint density at radius 1 is 1.24 bits per heavy atom. The first kappa shape index (κ1) is 22.2. The maximum absolute atomic E-state index is 13.3. The lowest BCUT2D eigenvalue weighted by molar-refractivity contribution is -0.127. The number of aromatic amines is 2. The molecule has 1 aliphatic carbocycles. The van der Waals surface area contributed by atoms with Gasteiger partial charge in [-0.2, -0.15) is 5.10 Å². The molecule has 0 saturated carbocycles. The smallest absolute Gasteiger partial charge is 0.256 e. The number of anilines is 1. The van der Waals surface area contributed by atoms with Crippen molar-refractivity contribution in [1.82, 2.24) is 20.1 Å². The van der Waals surface area contributed by atoms with Crippen LogP contribution in [0.1, 0.15) is 44.4 Å². The van der Waals surface area contributed by atoms with Gasteiger partial charge in [-0.3, -0.25) is 9.89 Å². The van der Waals surface area contributed by atoms with Crippen molar-refractivity contribution in [1.29, 1.82) is 0 Å². The summed E-state index contributed by atoms with van der Waals surface area (Å²) in [6.07, 6.45) is 4.66. The summed E-state index contributed by atoms with van der Waals surface area (Å²) in [6, 6.07) is 8.40. The fraction of sp³-hybridized carbons (Fsp3) is 0.538. The molecule has 1 amide bonds. The molecule has 1 aliphatic heterocycles. The van der Waals surface area contributed by atoms with Crippen LogP contribution >= 0.6 is 0 Å². The molecular weight excluding hydrogens is 414 g/mol. The standard InChI is InChI=1S/C26H35N5O2/c1-26(2)10-9-19-22(16-26)28-29-24(19)21-14-17-7-8-18(15-20(17)27-21)31(12-11-30(3)4)25(32)23-6-5-13-33-23/h7-8,14-15,23,27H,5-6,9-13,16H2,1-4H3,(H,28,29). The molecule has 1 saturated heterocycles. The number of benzene rings is 1. The molecule has 1 atom stereocenters. The van der Waals surface area contributed by atoms with E-state index in [1.54, 1.807) is 0 Å². The van der Waals surface area contributed by atoms with Crippen LogP contribution in [0.4, 0.5) is 5.69 Å². The summed E-state index contributed by atoms with van der Waals surface area (Å²) in [5.41, 5.74) is 6.90. The monoisotopic (exact) mass is 449 g/mol. The topological polar surface area (TPSA) is 77.2 Å². The molecule has 7 nitrogen and oxygen atoms in total. The minimum absolute atomic E-state index is 0.0597. The molecular formula is C26H35N5O2. The number of nitrogens with zero attached hydrogens (tertiary/aromatic N) is 3. The van der Waals surface area contributed by atoms with E-state index in [2.05, 4.69) is 52.1 Å². The van der Waals surface area contributed by atoms with Crippen molar-refractivity contribution < 1.29 is 9.53 Å². The second-order valence-corrected chi connectivity index (χ2v) is 10.6. The van der Waals surface area contributed by atoms with Crippen LogP contribution in [0.2, 0.25) is 0 Å². The van der Waals surface area contributed by atoms with Crippen molar-refractivity contribution in [2.24, 2.45) is 5.41 Å². The maximum atomic E-state index is 13.3. The van der Waals surface area contributed by atoms with E-state index in [9.17, 15) is 4.79 Å². The second kappa shape index (κ2) is 8.61. The summed E-state index contributed by atoms with van der Waals surface area (Å²) in [5, 5.41) is 9.08. The second-order valence-electron chi connectivity index (χ2n) is 10.6. The van der Waals surface area contributed by atoms with Crippen LogP contribution in [-0.4, -0.2) is 65.9 Å². The lowest BCUT2D eigenvalue weighted by atomic mass is 9.76. The number of hydrogen-bond acceptors (Lipinski definition) is 4. The zero-order chi connectivity index (χ0) is 23.2. The number of ether oxygens (including phenoxy) is 1. The number of hydrogen-bond donors (Lipinski definition) is 2. The Morgan fingerprint density at radius 3 is 2.85 bits per heavy atom. The average molecular weight is 450 g/mol. The number of rotatable bonds is 6. The van der Waals surface area contributed by atoms with Crippen LogP contribution in [0.25, 0.3) is 22.3 Å². The quantitative estimate of drug-likeness (QED) is 0.593. The number of likely N-dealkylation sites (N-methyl/N-ethyl adjacent to an activating group) is 1. The van der Waals surface area contributed by atoms with E-state index in [-0.39, 0.29) is 12.0 Å². The molecule has 5 rings (SSSR count). The Balaban J connectivity index is 1.46. The van der Waals surface area contributed by atoms with Gasteiger partial charge in [0.2, 0.25) is 0 Å². The van der Waals surface area contributed by atoms with E-state index in [1.165, 1.54) is 17.7 Å². The number of fused-ring (bicyclic) bond motifs is 2. The molecule has 0 spiro atoms. The lowest BCUT2D eigenvalue weighted by Gasteiger charge is -2.28. The average Bonchev–Trinajstić information content (AvgIpc) is 3.51. The third-order valence-electron chi connectivity index (χ3n) is 7.07. The molecule has 3 aromatic rings. The van der Waals surface area contributed by atoms with E-state index < -0.39 is 0 Å². The molecule has 33 heavy (non-hydrogen) atoms. The van der Waals surface area contributed by atoms with Crippen LogP contribution in [-0.2, 0) is 22.4 Å². The highest BCUT2D eigenvalue weighted by atomic mass is 16.5. The first-order chi connectivity index (χ1) is 15.8. The molecule has 1 fully saturated rings. The maximum Gasteiger partial charge on any atom is 0.256 e. The van der Waals surface area contributed by atoms with Gasteiger partial charge in [0.05, 0.1) is 5.69 Å². The number of nitrogens with one attached hydrogen (secondary N) is 2. The number of amides is 1. The van der Waals surface area contributed by atoms with Gasteiger partial charge in [0.1, 0.15) is 11.8 Å². The van der Waals surface area contributed by atoms with E-state index in [0.29, 0.717) is 18.6 Å². The summed E-state index contributed by atoms with van der Waals surface area (Å²) in [6.45, 7) is 6.74. The van der Waals surface area contributed by atoms with Gasteiger partial charge in [-0.1, -0.05) is 19.9 Å². The number of H-pyrrole nitrogens is 2. The Bertz CT molecular complexity index is 1150. The highest BCUT2D eigenvalue weighted by Gasteiger charge is 2.31. The molecule has 2 aromatic heterocycles. The molecule has 1 aromatic carbocycles. The SMILES string of the molecule is CN(C)CCN(C(=O)C1CCCO1)c1ccc2cc(-c3n[nH]c4c3CCC(C)(C)C4)[nH]c2c1. The van der Waals surface area contributed by atoms with Crippen molar-refractivity contribution in [3.8, 4) is 11.4 Å². The fourth-order valence-electron chi connectivity index (χ4n) is 5.09. The van der Waals surface area contributed by atoms with E-state index in [4.69, 9.17) is 4.74 Å². The van der Waals surface area contributed by atoms with E-state index in [1.807, 2.05) is 25.1 Å². The summed E-state index contributed by atoms with van der Waals surface area (Å²) in [5.74, 6) is 0.0597. The van der Waals surface area contributed by atoms with Gasteiger partial charge in [0.25, 0.3) is 5.91 Å². The van der Waals surface area contributed by atoms with Crippen LogP contribution in [0.3, 0.4) is 0 Å². The molecule has 3 heterocycles. The summed E-state index contributed by atoms with van der Waals surface area (Å²) in [7, 11) is 4.06. The molecule has 7 heteroatoms. The number of carbonyl (C=O) groups is 1. The van der Waals surface area contributed by atoms with Gasteiger partial charge in [-0.15, -0.1) is 0 Å². The summed E-state index contributed by atoms with van der Waals surface area (Å²) in [4.78, 5) is 20.8. The predicted molar refractivity (Wildman–Crippen MR) is 132 cm³/mol. The summed E-state index contributed by atoms with van der Waals surface area (Å²) < 4.78 is 5.71. The van der Waals surface area contributed by atoms with Gasteiger partial charge < -0.3 is 19.5 Å². The molecule has 176 valence electrons. The molecule has 1 unspecified atom stereocenters. The van der Waals surface area contributed by atoms with E-state index in [0.717, 1.165) is 60.2 Å².